The summed E-state index contributed by atoms with van der Waals surface area (Å²) in [6.45, 7) is 1.73. The minimum atomic E-state index is -4.64. The van der Waals surface area contributed by atoms with Gasteiger partial charge in [-0.05, 0) is 74.8 Å². The van der Waals surface area contributed by atoms with Crippen molar-refractivity contribution in [1.29, 1.82) is 0 Å². The molecule has 0 bridgehead atoms. The lowest BCUT2D eigenvalue weighted by Crippen LogP contribution is -2.37. The van der Waals surface area contributed by atoms with Gasteiger partial charge in [0.2, 0.25) is 0 Å². The van der Waals surface area contributed by atoms with Gasteiger partial charge in [0.25, 0.3) is 10.0 Å². The Labute approximate surface area is 232 Å². The summed E-state index contributed by atoms with van der Waals surface area (Å²) >= 11 is 11.9. The standard InChI is InChI=1S/C24H27Cl2N3O3S.H3O4P/c1-28(2)16-17-29(33(30,31)22-13-9-20(26)10-14-22)24-6-4-3-5-23(24)27-15-18-32-21-11-7-19(25)8-12-21;1-5(2,3)4/h3-14,27H,15-18H2,1-2H3;(H3,1,2,3,4). The van der Waals surface area contributed by atoms with E-state index in [0.717, 1.165) is 0 Å². The molecule has 0 unspecified atom stereocenters. The van der Waals surface area contributed by atoms with Gasteiger partial charge < -0.3 is 29.6 Å². The molecule has 38 heavy (non-hydrogen) atoms. The van der Waals surface area contributed by atoms with E-state index in [2.05, 4.69) is 5.32 Å². The topological polar surface area (TPSA) is 140 Å². The summed E-state index contributed by atoms with van der Waals surface area (Å²) in [7, 11) is -4.63. The Hall–Kier alpha value is -2.34. The maximum absolute atomic E-state index is 13.6. The lowest BCUT2D eigenvalue weighted by molar-refractivity contribution is 0.275. The fourth-order valence-electron chi connectivity index (χ4n) is 3.12. The van der Waals surface area contributed by atoms with E-state index in [-0.39, 0.29) is 11.4 Å². The minimum Gasteiger partial charge on any atom is -0.492 e. The van der Waals surface area contributed by atoms with Crippen molar-refractivity contribution in [2.45, 2.75) is 4.90 Å². The highest BCUT2D eigenvalue weighted by molar-refractivity contribution is 7.92. The van der Waals surface area contributed by atoms with E-state index in [1.807, 2.05) is 37.2 Å². The second kappa shape index (κ2) is 14.7. The van der Waals surface area contributed by atoms with Crippen LogP contribution in [0.3, 0.4) is 0 Å². The summed E-state index contributed by atoms with van der Waals surface area (Å²) < 4.78 is 43.2. The van der Waals surface area contributed by atoms with Crippen LogP contribution in [0.4, 0.5) is 11.4 Å². The van der Waals surface area contributed by atoms with Crippen molar-refractivity contribution in [2.24, 2.45) is 0 Å². The van der Waals surface area contributed by atoms with Gasteiger partial charge >= 0.3 is 7.82 Å². The van der Waals surface area contributed by atoms with E-state index in [9.17, 15) is 8.42 Å². The molecule has 0 saturated heterocycles. The van der Waals surface area contributed by atoms with Crippen molar-refractivity contribution in [2.75, 3.05) is 50.0 Å². The van der Waals surface area contributed by atoms with Crippen molar-refractivity contribution in [1.82, 2.24) is 4.90 Å². The molecular formula is C24H30Cl2N3O7PS. The van der Waals surface area contributed by atoms with E-state index in [0.29, 0.717) is 46.9 Å². The number of ether oxygens (including phenoxy) is 1. The number of likely N-dealkylation sites (N-methyl/N-ethyl adjacent to an activating group) is 1. The van der Waals surface area contributed by atoms with Gasteiger partial charge in [0.1, 0.15) is 12.4 Å². The summed E-state index contributed by atoms with van der Waals surface area (Å²) in [4.78, 5) is 23.7. The molecule has 14 heteroatoms. The molecule has 0 amide bonds. The molecule has 0 heterocycles. The molecule has 0 saturated carbocycles. The van der Waals surface area contributed by atoms with Crippen LogP contribution >= 0.6 is 31.0 Å². The lowest BCUT2D eigenvalue weighted by Gasteiger charge is -2.28. The number of nitrogens with zero attached hydrogens (tertiary/aromatic N) is 2. The molecule has 0 radical (unpaired) electrons. The molecule has 0 fully saturated rings. The van der Waals surface area contributed by atoms with Gasteiger partial charge in [0, 0.05) is 29.7 Å². The molecular weight excluding hydrogens is 576 g/mol. The van der Waals surface area contributed by atoms with Crippen LogP contribution in [-0.4, -0.2) is 68.3 Å². The molecule has 3 aromatic rings. The van der Waals surface area contributed by atoms with Gasteiger partial charge in [-0.3, -0.25) is 4.31 Å². The summed E-state index contributed by atoms with van der Waals surface area (Å²) in [5.74, 6) is 0.715. The van der Waals surface area contributed by atoms with E-state index >= 15 is 0 Å². The highest BCUT2D eigenvalue weighted by atomic mass is 35.5. The molecule has 0 atom stereocenters. The zero-order valence-electron chi connectivity index (χ0n) is 20.7. The Bertz CT molecular complexity index is 1300. The molecule has 0 spiro atoms. The normalized spacial score (nSPS) is 11.5. The van der Waals surface area contributed by atoms with Crippen molar-refractivity contribution in [3.63, 3.8) is 0 Å². The van der Waals surface area contributed by atoms with Crippen LogP contribution in [0.25, 0.3) is 0 Å². The number of sulfonamides is 1. The van der Waals surface area contributed by atoms with Gasteiger partial charge in [-0.1, -0.05) is 35.3 Å². The fourth-order valence-corrected chi connectivity index (χ4v) is 4.85. The summed E-state index contributed by atoms with van der Waals surface area (Å²) in [6, 6.07) is 20.7. The number of hydrogen-bond acceptors (Lipinski definition) is 6. The van der Waals surface area contributed by atoms with Gasteiger partial charge in [0.05, 0.1) is 16.3 Å². The highest BCUT2D eigenvalue weighted by Gasteiger charge is 2.26. The van der Waals surface area contributed by atoms with Crippen LogP contribution in [0, 0.1) is 0 Å². The van der Waals surface area contributed by atoms with Crippen LogP contribution in [0.1, 0.15) is 0 Å². The monoisotopic (exact) mass is 605 g/mol. The van der Waals surface area contributed by atoms with Gasteiger partial charge in [-0.2, -0.15) is 0 Å². The van der Waals surface area contributed by atoms with Crippen molar-refractivity contribution < 1.29 is 32.4 Å². The molecule has 3 aromatic carbocycles. The molecule has 0 aliphatic heterocycles. The number of phosphoric acid groups is 1. The molecule has 0 aliphatic rings. The number of benzene rings is 3. The zero-order valence-corrected chi connectivity index (χ0v) is 24.0. The summed E-state index contributed by atoms with van der Waals surface area (Å²) in [6.07, 6.45) is 0. The molecule has 10 nitrogen and oxygen atoms in total. The second-order valence-electron chi connectivity index (χ2n) is 8.09. The molecule has 3 rings (SSSR count). The Morgan fingerprint density at radius 2 is 1.39 bits per heavy atom. The van der Waals surface area contributed by atoms with Gasteiger partial charge in [0.15, 0.2) is 0 Å². The summed E-state index contributed by atoms with van der Waals surface area (Å²) in [5, 5.41) is 4.43. The molecule has 4 N–H and O–H groups in total. The van der Waals surface area contributed by atoms with Crippen LogP contribution in [0.15, 0.2) is 77.7 Å². The van der Waals surface area contributed by atoms with Crippen LogP contribution in [0.5, 0.6) is 5.75 Å². The Kier molecular flexibility index (Phi) is 12.3. The first-order valence-corrected chi connectivity index (χ1v) is 15.0. The first-order chi connectivity index (χ1) is 17.8. The number of hydrogen-bond donors (Lipinski definition) is 4. The third kappa shape index (κ3) is 11.2. The maximum Gasteiger partial charge on any atom is 0.466 e. The van der Waals surface area contributed by atoms with E-state index < -0.39 is 17.8 Å². The number of rotatable bonds is 11. The third-order valence-corrected chi connectivity index (χ3v) is 7.16. The van der Waals surface area contributed by atoms with Crippen LogP contribution in [-0.2, 0) is 14.6 Å². The molecule has 208 valence electrons. The quantitative estimate of drug-likeness (QED) is 0.186. The average molecular weight is 606 g/mol. The SMILES string of the molecule is CN(C)CCN(c1ccccc1NCCOc1ccc(Cl)cc1)S(=O)(=O)c1ccc(Cl)cc1.O=P(O)(O)O. The number of nitrogens with one attached hydrogen (secondary N) is 1. The van der Waals surface area contributed by atoms with Gasteiger partial charge in [-0.25, -0.2) is 13.0 Å². The second-order valence-corrected chi connectivity index (χ2v) is 11.9. The fraction of sp³-hybridized carbons (Fsp3) is 0.250. The van der Waals surface area contributed by atoms with Crippen LogP contribution in [0.2, 0.25) is 10.0 Å². The zero-order chi connectivity index (χ0) is 28.3. The Morgan fingerprint density at radius 1 is 0.868 bits per heavy atom. The first-order valence-electron chi connectivity index (χ1n) is 11.2. The van der Waals surface area contributed by atoms with Crippen molar-refractivity contribution in [3.05, 3.63) is 82.8 Å². The highest BCUT2D eigenvalue weighted by Crippen LogP contribution is 2.31. The van der Waals surface area contributed by atoms with E-state index in [1.54, 1.807) is 42.5 Å². The molecule has 0 aromatic heterocycles. The largest absolute Gasteiger partial charge is 0.492 e. The van der Waals surface area contributed by atoms with Gasteiger partial charge in [-0.15, -0.1) is 0 Å². The predicted molar refractivity (Wildman–Crippen MR) is 151 cm³/mol. The van der Waals surface area contributed by atoms with E-state index in [1.165, 1.54) is 16.4 Å². The number of anilines is 2. The predicted octanol–water partition coefficient (Wildman–Crippen LogP) is 4.31. The summed E-state index contributed by atoms with van der Waals surface area (Å²) in [5.41, 5.74) is 1.27. The minimum absolute atomic E-state index is 0.187. The lowest BCUT2D eigenvalue weighted by atomic mass is 10.2. The van der Waals surface area contributed by atoms with Crippen LogP contribution < -0.4 is 14.4 Å². The third-order valence-electron chi connectivity index (χ3n) is 4.82. The molecule has 0 aliphatic carbocycles. The maximum atomic E-state index is 13.6. The Balaban J connectivity index is 0.000000926. The average Bonchev–Trinajstić information content (AvgIpc) is 2.83. The smallest absolute Gasteiger partial charge is 0.466 e. The van der Waals surface area contributed by atoms with Crippen molar-refractivity contribution in [3.8, 4) is 5.75 Å². The number of para-hydroxylation sites is 2. The van der Waals surface area contributed by atoms with Crippen molar-refractivity contribution >= 4 is 52.4 Å². The van der Waals surface area contributed by atoms with E-state index in [4.69, 9.17) is 47.2 Å². The number of halogens is 2. The first kappa shape index (κ1) is 31.9. The Morgan fingerprint density at radius 3 is 1.95 bits per heavy atom.